The molecule has 6 heteroatoms. The lowest BCUT2D eigenvalue weighted by atomic mass is 9.84. The number of benzene rings is 1. The van der Waals surface area contributed by atoms with Gasteiger partial charge in [0.2, 0.25) is 5.91 Å². The van der Waals surface area contributed by atoms with Gasteiger partial charge < -0.3 is 15.4 Å². The molecule has 150 valence electrons. The van der Waals surface area contributed by atoms with Crippen molar-refractivity contribution in [3.05, 3.63) is 29.3 Å². The van der Waals surface area contributed by atoms with Crippen LogP contribution in [0.2, 0.25) is 0 Å². The maximum absolute atomic E-state index is 12.5. The summed E-state index contributed by atoms with van der Waals surface area (Å²) in [5.74, 6) is 1.33. The van der Waals surface area contributed by atoms with E-state index in [1.54, 1.807) is 25.1 Å². The SMILES string of the molecule is C[C@H](OC(=O)c1ccc2c(c1)CCC(=O)N2)C(=O)N[C@@H](C)[C@@H]1C[C@H]2CC[C@H]1C2. The Hall–Kier alpha value is -2.37. The number of amides is 2. The highest BCUT2D eigenvalue weighted by molar-refractivity contribution is 5.96. The highest BCUT2D eigenvalue weighted by Gasteiger charge is 2.42. The van der Waals surface area contributed by atoms with Crippen LogP contribution < -0.4 is 10.6 Å². The molecule has 3 aliphatic rings. The molecule has 0 spiro atoms. The van der Waals surface area contributed by atoms with E-state index < -0.39 is 12.1 Å². The average Bonchev–Trinajstić information content (AvgIpc) is 3.31. The summed E-state index contributed by atoms with van der Waals surface area (Å²) < 4.78 is 5.40. The Morgan fingerprint density at radius 1 is 1.18 bits per heavy atom. The summed E-state index contributed by atoms with van der Waals surface area (Å²) >= 11 is 0. The molecular formula is C22H28N2O4. The van der Waals surface area contributed by atoms with Crippen LogP contribution in [0.5, 0.6) is 0 Å². The first-order valence-electron chi connectivity index (χ1n) is 10.3. The van der Waals surface area contributed by atoms with E-state index in [1.165, 1.54) is 25.7 Å². The molecule has 1 aromatic rings. The van der Waals surface area contributed by atoms with Gasteiger partial charge in [0.05, 0.1) is 5.56 Å². The van der Waals surface area contributed by atoms with Crippen molar-refractivity contribution in [3.8, 4) is 0 Å². The Kier molecular flexibility index (Phi) is 5.13. The first-order valence-corrected chi connectivity index (χ1v) is 10.3. The Bertz CT molecular complexity index is 806. The number of anilines is 1. The van der Waals surface area contributed by atoms with Gasteiger partial charge in [-0.05, 0) is 81.0 Å². The summed E-state index contributed by atoms with van der Waals surface area (Å²) in [6.45, 7) is 3.68. The molecule has 2 fully saturated rings. The second kappa shape index (κ2) is 7.57. The minimum atomic E-state index is -0.843. The lowest BCUT2D eigenvalue weighted by molar-refractivity contribution is -0.130. The minimum Gasteiger partial charge on any atom is -0.449 e. The van der Waals surface area contributed by atoms with Gasteiger partial charge in [-0.1, -0.05) is 6.42 Å². The summed E-state index contributed by atoms with van der Waals surface area (Å²) in [6.07, 6.45) is 5.27. The van der Waals surface area contributed by atoms with Crippen molar-refractivity contribution >= 4 is 23.5 Å². The number of aryl methyl sites for hydroxylation is 1. The topological polar surface area (TPSA) is 84.5 Å². The highest BCUT2D eigenvalue weighted by Crippen LogP contribution is 2.49. The zero-order chi connectivity index (χ0) is 19.8. The molecule has 2 amide bonds. The van der Waals surface area contributed by atoms with Gasteiger partial charge in [0.1, 0.15) is 0 Å². The van der Waals surface area contributed by atoms with Crippen LogP contribution in [-0.4, -0.2) is 29.9 Å². The first kappa shape index (κ1) is 19.0. The largest absolute Gasteiger partial charge is 0.449 e. The second-order valence-electron chi connectivity index (χ2n) is 8.60. The molecule has 1 heterocycles. The van der Waals surface area contributed by atoms with E-state index in [4.69, 9.17) is 4.74 Å². The van der Waals surface area contributed by atoms with E-state index in [0.717, 1.165) is 23.1 Å². The van der Waals surface area contributed by atoms with E-state index in [-0.39, 0.29) is 17.9 Å². The summed E-state index contributed by atoms with van der Waals surface area (Å²) in [7, 11) is 0. The van der Waals surface area contributed by atoms with Gasteiger partial charge in [-0.15, -0.1) is 0 Å². The number of carbonyl (C=O) groups is 3. The number of hydrogen-bond donors (Lipinski definition) is 2. The van der Waals surface area contributed by atoms with Gasteiger partial charge in [0, 0.05) is 18.2 Å². The van der Waals surface area contributed by atoms with Crippen LogP contribution in [0, 0.1) is 17.8 Å². The van der Waals surface area contributed by atoms with Gasteiger partial charge in [0.15, 0.2) is 6.10 Å². The van der Waals surface area contributed by atoms with Gasteiger partial charge in [-0.3, -0.25) is 9.59 Å². The molecule has 2 bridgehead atoms. The summed E-state index contributed by atoms with van der Waals surface area (Å²) in [4.78, 5) is 36.4. The Morgan fingerprint density at radius 2 is 2.00 bits per heavy atom. The van der Waals surface area contributed by atoms with Crippen LogP contribution in [0.15, 0.2) is 18.2 Å². The van der Waals surface area contributed by atoms with Crippen LogP contribution in [0.3, 0.4) is 0 Å². The number of hydrogen-bond acceptors (Lipinski definition) is 4. The zero-order valence-corrected chi connectivity index (χ0v) is 16.5. The predicted molar refractivity (Wildman–Crippen MR) is 105 cm³/mol. The smallest absolute Gasteiger partial charge is 0.338 e. The lowest BCUT2D eigenvalue weighted by Gasteiger charge is -2.29. The van der Waals surface area contributed by atoms with Crippen LogP contribution >= 0.6 is 0 Å². The monoisotopic (exact) mass is 384 g/mol. The Morgan fingerprint density at radius 3 is 2.71 bits per heavy atom. The second-order valence-corrected chi connectivity index (χ2v) is 8.60. The maximum atomic E-state index is 12.5. The third-order valence-corrected chi connectivity index (χ3v) is 6.69. The fraction of sp³-hybridized carbons (Fsp3) is 0.591. The maximum Gasteiger partial charge on any atom is 0.338 e. The molecule has 2 saturated carbocycles. The van der Waals surface area contributed by atoms with Crippen molar-refractivity contribution in [1.82, 2.24) is 5.32 Å². The van der Waals surface area contributed by atoms with Crippen molar-refractivity contribution in [2.75, 3.05) is 5.32 Å². The van der Waals surface area contributed by atoms with Gasteiger partial charge in [-0.2, -0.15) is 0 Å². The molecule has 1 aliphatic heterocycles. The molecule has 0 unspecified atom stereocenters. The zero-order valence-electron chi connectivity index (χ0n) is 16.5. The molecule has 28 heavy (non-hydrogen) atoms. The van der Waals surface area contributed by atoms with Crippen molar-refractivity contribution < 1.29 is 19.1 Å². The minimum absolute atomic E-state index is 0.0160. The summed E-state index contributed by atoms with van der Waals surface area (Å²) in [5, 5.41) is 5.84. The molecule has 6 nitrogen and oxygen atoms in total. The van der Waals surface area contributed by atoms with Gasteiger partial charge in [0.25, 0.3) is 5.91 Å². The molecule has 2 aliphatic carbocycles. The molecule has 4 rings (SSSR count). The Labute approximate surface area is 165 Å². The van der Waals surface area contributed by atoms with E-state index in [0.29, 0.717) is 24.3 Å². The van der Waals surface area contributed by atoms with Crippen LogP contribution in [0.25, 0.3) is 0 Å². The lowest BCUT2D eigenvalue weighted by Crippen LogP contribution is -2.45. The normalized spacial score (nSPS) is 27.5. The third-order valence-electron chi connectivity index (χ3n) is 6.69. The Balaban J connectivity index is 1.32. The number of rotatable bonds is 5. The van der Waals surface area contributed by atoms with Gasteiger partial charge >= 0.3 is 5.97 Å². The van der Waals surface area contributed by atoms with Crippen LogP contribution in [-0.2, 0) is 20.7 Å². The van der Waals surface area contributed by atoms with Crippen molar-refractivity contribution in [2.24, 2.45) is 17.8 Å². The molecule has 5 atom stereocenters. The molecule has 0 radical (unpaired) electrons. The number of fused-ring (bicyclic) bond motifs is 3. The molecule has 0 aromatic heterocycles. The van der Waals surface area contributed by atoms with Gasteiger partial charge in [-0.25, -0.2) is 4.79 Å². The summed E-state index contributed by atoms with van der Waals surface area (Å²) in [6, 6.07) is 5.18. The first-order chi connectivity index (χ1) is 13.4. The molecular weight excluding hydrogens is 356 g/mol. The van der Waals surface area contributed by atoms with E-state index in [9.17, 15) is 14.4 Å². The fourth-order valence-corrected chi connectivity index (χ4v) is 5.15. The fourth-order valence-electron chi connectivity index (χ4n) is 5.15. The van der Waals surface area contributed by atoms with Crippen molar-refractivity contribution in [3.63, 3.8) is 0 Å². The molecule has 0 saturated heterocycles. The van der Waals surface area contributed by atoms with Crippen molar-refractivity contribution in [1.29, 1.82) is 0 Å². The van der Waals surface area contributed by atoms with Crippen LogP contribution in [0.4, 0.5) is 5.69 Å². The quantitative estimate of drug-likeness (QED) is 0.764. The summed E-state index contributed by atoms with van der Waals surface area (Å²) in [5.41, 5.74) is 2.05. The molecule has 1 aromatic carbocycles. The number of carbonyl (C=O) groups excluding carboxylic acids is 3. The average molecular weight is 384 g/mol. The van der Waals surface area contributed by atoms with Crippen molar-refractivity contribution in [2.45, 2.75) is 64.5 Å². The van der Waals surface area contributed by atoms with E-state index >= 15 is 0 Å². The predicted octanol–water partition coefficient (Wildman–Crippen LogP) is 3.06. The van der Waals surface area contributed by atoms with E-state index in [1.807, 2.05) is 0 Å². The highest BCUT2D eigenvalue weighted by atomic mass is 16.5. The molecule has 2 N–H and O–H groups in total. The number of nitrogens with one attached hydrogen (secondary N) is 2. The van der Waals surface area contributed by atoms with E-state index in [2.05, 4.69) is 17.6 Å². The number of esters is 1. The number of ether oxygens (including phenoxy) is 1. The standard InChI is InChI=1S/C22H28N2O4/c1-12(18-10-14-3-4-15(18)9-14)23-21(26)13(2)28-22(27)17-5-7-19-16(11-17)6-8-20(25)24-19/h5,7,11-15,18H,3-4,6,8-10H2,1-2H3,(H,23,26)(H,24,25)/t12-,13-,14-,15-,18-/m0/s1. The van der Waals surface area contributed by atoms with Crippen LogP contribution in [0.1, 0.15) is 61.9 Å². The third kappa shape index (κ3) is 3.77.